The zero-order valence-electron chi connectivity index (χ0n) is 26.5. The van der Waals surface area contributed by atoms with Gasteiger partial charge >= 0.3 is 0 Å². The standard InChI is InChI=1S/C44H29N3O2/c1-2-11-26(12-3-1)41-33-15-4-7-18-35(33)45-44(46-41)47-36-24-23-32-30-14-6-9-20-39(30)49-43(32)40(36)34-22-21-27(25-37(34)47)28-16-10-17-31-29-13-5-8-19-38(29)48-42(28)31/h1-3,5-6,8-25,29,38H,4,7H2. The summed E-state index contributed by atoms with van der Waals surface area (Å²) in [5.74, 6) is 1.83. The first-order chi connectivity index (χ1) is 24.3. The summed E-state index contributed by atoms with van der Waals surface area (Å²) in [6.07, 6.45) is 15.1. The molecule has 0 N–H and O–H groups in total. The van der Waals surface area contributed by atoms with Crippen LogP contribution >= 0.6 is 0 Å². The number of nitrogens with zero attached hydrogens (tertiary/aromatic N) is 3. The molecule has 0 spiro atoms. The van der Waals surface area contributed by atoms with E-state index in [1.807, 2.05) is 18.2 Å². The van der Waals surface area contributed by atoms with Gasteiger partial charge in [0.05, 0.1) is 27.5 Å². The molecule has 0 amide bonds. The van der Waals surface area contributed by atoms with Gasteiger partial charge in [0.25, 0.3) is 0 Å². The lowest BCUT2D eigenvalue weighted by Crippen LogP contribution is -2.34. The molecular weight excluding hydrogens is 603 g/mol. The number of allylic oxidation sites excluding steroid dienone is 2. The van der Waals surface area contributed by atoms with Gasteiger partial charge in [0.2, 0.25) is 5.95 Å². The molecule has 232 valence electrons. The van der Waals surface area contributed by atoms with Gasteiger partial charge in [-0.1, -0.05) is 109 Å². The largest absolute Gasteiger partial charge is 0.484 e. The minimum atomic E-state index is 0.0195. The van der Waals surface area contributed by atoms with Gasteiger partial charge in [-0.25, -0.2) is 9.97 Å². The number of para-hydroxylation sites is 2. The molecule has 0 radical (unpaired) electrons. The number of hydrogen-bond acceptors (Lipinski definition) is 4. The van der Waals surface area contributed by atoms with Crippen molar-refractivity contribution in [2.45, 2.75) is 24.9 Å². The van der Waals surface area contributed by atoms with E-state index in [4.69, 9.17) is 19.1 Å². The summed E-state index contributed by atoms with van der Waals surface area (Å²) < 4.78 is 15.5. The molecule has 11 rings (SSSR count). The van der Waals surface area contributed by atoms with Gasteiger partial charge in [-0.3, -0.25) is 4.57 Å². The molecule has 5 aromatic carbocycles. The lowest BCUT2D eigenvalue weighted by Gasteiger charge is -2.14. The van der Waals surface area contributed by atoms with Crippen molar-refractivity contribution in [2.75, 3.05) is 0 Å². The number of fused-ring (bicyclic) bond motifs is 11. The third kappa shape index (κ3) is 3.87. The molecule has 2 atom stereocenters. The number of benzene rings is 5. The molecule has 2 unspecified atom stereocenters. The Morgan fingerprint density at radius 2 is 1.53 bits per heavy atom. The van der Waals surface area contributed by atoms with Gasteiger partial charge in [-0.2, -0.15) is 0 Å². The molecule has 8 aromatic rings. The van der Waals surface area contributed by atoms with Crippen LogP contribution in [0.1, 0.15) is 24.3 Å². The summed E-state index contributed by atoms with van der Waals surface area (Å²) in [4.78, 5) is 10.6. The summed E-state index contributed by atoms with van der Waals surface area (Å²) in [5, 5.41) is 6.44. The highest BCUT2D eigenvalue weighted by Crippen LogP contribution is 2.48. The zero-order chi connectivity index (χ0) is 32.1. The van der Waals surface area contributed by atoms with Gasteiger partial charge in [-0.15, -0.1) is 0 Å². The molecule has 5 heteroatoms. The topological polar surface area (TPSA) is 53.1 Å². The highest BCUT2D eigenvalue weighted by Gasteiger charge is 2.34. The predicted molar refractivity (Wildman–Crippen MR) is 197 cm³/mol. The van der Waals surface area contributed by atoms with E-state index in [1.165, 1.54) is 5.56 Å². The van der Waals surface area contributed by atoms with Crippen molar-refractivity contribution in [1.29, 1.82) is 0 Å². The van der Waals surface area contributed by atoms with E-state index in [9.17, 15) is 0 Å². The van der Waals surface area contributed by atoms with Crippen molar-refractivity contribution in [3.05, 3.63) is 144 Å². The summed E-state index contributed by atoms with van der Waals surface area (Å²) >= 11 is 0. The molecule has 3 aliphatic rings. The lowest BCUT2D eigenvalue weighted by molar-refractivity contribution is 0.270. The van der Waals surface area contributed by atoms with Gasteiger partial charge < -0.3 is 9.15 Å². The average molecular weight is 632 g/mol. The third-order valence-corrected chi connectivity index (χ3v) is 10.4. The maximum atomic E-state index is 6.64. The quantitative estimate of drug-likeness (QED) is 0.195. The fraction of sp³-hybridized carbons (Fsp3) is 0.0909. The highest BCUT2D eigenvalue weighted by molar-refractivity contribution is 6.24. The number of furan rings is 1. The van der Waals surface area contributed by atoms with E-state index in [0.29, 0.717) is 5.95 Å². The van der Waals surface area contributed by atoms with Crippen LogP contribution in [0.5, 0.6) is 5.75 Å². The Morgan fingerprint density at radius 1 is 0.673 bits per heavy atom. The second-order valence-corrected chi connectivity index (χ2v) is 13.1. The van der Waals surface area contributed by atoms with Crippen LogP contribution < -0.4 is 15.3 Å². The van der Waals surface area contributed by atoms with E-state index in [0.717, 1.165) is 95.3 Å². The van der Waals surface area contributed by atoms with Crippen LogP contribution in [-0.4, -0.2) is 20.6 Å². The highest BCUT2D eigenvalue weighted by atomic mass is 16.5. The minimum Gasteiger partial charge on any atom is -0.484 e. The van der Waals surface area contributed by atoms with Crippen molar-refractivity contribution < 1.29 is 9.15 Å². The Labute approximate surface area is 281 Å². The molecule has 0 bridgehead atoms. The molecule has 2 aliphatic carbocycles. The monoisotopic (exact) mass is 631 g/mol. The van der Waals surface area contributed by atoms with Crippen LogP contribution in [0.4, 0.5) is 0 Å². The van der Waals surface area contributed by atoms with Gasteiger partial charge in [-0.05, 0) is 48.7 Å². The third-order valence-electron chi connectivity index (χ3n) is 10.4. The summed E-state index contributed by atoms with van der Waals surface area (Å²) in [7, 11) is 0. The molecule has 0 fully saturated rings. The number of rotatable bonds is 3. The lowest BCUT2D eigenvalue weighted by atomic mass is 9.90. The van der Waals surface area contributed by atoms with E-state index < -0.39 is 0 Å². The van der Waals surface area contributed by atoms with Crippen LogP contribution in [0.15, 0.2) is 132 Å². The average Bonchev–Trinajstić information content (AvgIpc) is 3.84. The Bertz CT molecular complexity index is 2870. The number of ether oxygens (including phenoxy) is 1. The smallest absolute Gasteiger partial charge is 0.235 e. The SMILES string of the molecule is C1=CC2Oc3c(-c4ccc5c6c7oc8ccccc8c7ccc6n(-c6nc(-c7ccccc7)c7c(n6)=CCCC=7)c5c4)cccc3C2C=C1. The Morgan fingerprint density at radius 3 is 2.49 bits per heavy atom. The van der Waals surface area contributed by atoms with E-state index in [1.54, 1.807) is 0 Å². The fourth-order valence-electron chi connectivity index (χ4n) is 8.15. The van der Waals surface area contributed by atoms with Crippen molar-refractivity contribution >= 4 is 55.9 Å². The van der Waals surface area contributed by atoms with Crippen LogP contribution in [0.3, 0.4) is 0 Å². The molecule has 3 aromatic heterocycles. The predicted octanol–water partition coefficient (Wildman–Crippen LogP) is 9.13. The first-order valence-corrected chi connectivity index (χ1v) is 17.0. The van der Waals surface area contributed by atoms with Gasteiger partial charge in [0.1, 0.15) is 23.0 Å². The second-order valence-electron chi connectivity index (χ2n) is 13.1. The van der Waals surface area contributed by atoms with Crippen LogP contribution in [-0.2, 0) is 0 Å². The van der Waals surface area contributed by atoms with Crippen molar-refractivity contribution in [1.82, 2.24) is 14.5 Å². The first kappa shape index (κ1) is 26.8. The maximum absolute atomic E-state index is 6.64. The Hall–Kier alpha value is -6.20. The second kappa shape index (κ2) is 10.1. The molecule has 5 nitrogen and oxygen atoms in total. The number of aromatic nitrogens is 3. The maximum Gasteiger partial charge on any atom is 0.235 e. The number of hydrogen-bond donors (Lipinski definition) is 0. The summed E-state index contributed by atoms with van der Waals surface area (Å²) in [5.41, 5.74) is 9.21. The first-order valence-electron chi connectivity index (χ1n) is 17.0. The van der Waals surface area contributed by atoms with Gasteiger partial charge in [0, 0.05) is 44.0 Å². The summed E-state index contributed by atoms with van der Waals surface area (Å²) in [6.45, 7) is 0. The van der Waals surface area contributed by atoms with E-state index in [2.05, 4.69) is 126 Å². The molecule has 1 aliphatic heterocycles. The Kier molecular flexibility index (Phi) is 5.56. The van der Waals surface area contributed by atoms with E-state index in [-0.39, 0.29) is 12.0 Å². The molecule has 49 heavy (non-hydrogen) atoms. The summed E-state index contributed by atoms with van der Waals surface area (Å²) in [6, 6.07) is 36.3. The Balaban J connectivity index is 1.23. The molecular formula is C44H29N3O2. The van der Waals surface area contributed by atoms with E-state index >= 15 is 0 Å². The normalized spacial score (nSPS) is 17.6. The van der Waals surface area contributed by atoms with Crippen LogP contribution in [0.2, 0.25) is 0 Å². The van der Waals surface area contributed by atoms with Crippen LogP contribution in [0.25, 0.3) is 84.2 Å². The van der Waals surface area contributed by atoms with Gasteiger partial charge in [0.15, 0.2) is 0 Å². The molecule has 0 saturated heterocycles. The zero-order valence-corrected chi connectivity index (χ0v) is 26.5. The van der Waals surface area contributed by atoms with Crippen molar-refractivity contribution in [2.24, 2.45) is 0 Å². The van der Waals surface area contributed by atoms with Crippen molar-refractivity contribution in [3.8, 4) is 34.1 Å². The van der Waals surface area contributed by atoms with Crippen LogP contribution in [0, 0.1) is 0 Å². The molecule has 0 saturated carbocycles. The minimum absolute atomic E-state index is 0.0195. The fourth-order valence-corrected chi connectivity index (χ4v) is 8.15. The molecule has 4 heterocycles. The van der Waals surface area contributed by atoms with Crippen molar-refractivity contribution in [3.63, 3.8) is 0 Å².